The van der Waals surface area contributed by atoms with Crippen molar-refractivity contribution in [3.63, 3.8) is 0 Å². The molecule has 1 rings (SSSR count). The van der Waals surface area contributed by atoms with Gasteiger partial charge in [-0.3, -0.25) is 0 Å². The van der Waals surface area contributed by atoms with Gasteiger partial charge in [0.1, 0.15) is 5.82 Å². The first-order valence-electron chi connectivity index (χ1n) is 4.33. The van der Waals surface area contributed by atoms with Crippen LogP contribution in [-0.4, -0.2) is 23.4 Å². The average molecular weight is 263 g/mol. The van der Waals surface area contributed by atoms with E-state index in [4.69, 9.17) is 10.2 Å². The maximum absolute atomic E-state index is 13.2. The highest BCUT2D eigenvalue weighted by atomic mass is 79.9. The molecule has 0 unspecified atom stereocenters. The van der Waals surface area contributed by atoms with Crippen molar-refractivity contribution >= 4 is 15.9 Å². The zero-order chi connectivity index (χ0) is 10.6. The molecule has 0 aliphatic carbocycles. The number of rotatable bonds is 4. The first kappa shape index (κ1) is 11.6. The van der Waals surface area contributed by atoms with E-state index >= 15 is 0 Å². The summed E-state index contributed by atoms with van der Waals surface area (Å²) < 4.78 is 14.0. The molecule has 0 amide bonds. The summed E-state index contributed by atoms with van der Waals surface area (Å²) in [5, 5.41) is 17.7. The molecule has 0 saturated heterocycles. The minimum Gasteiger partial charge on any atom is -0.396 e. The minimum atomic E-state index is -0.305. The molecule has 0 heterocycles. The Morgan fingerprint density at radius 3 is 2.50 bits per heavy atom. The largest absolute Gasteiger partial charge is 0.396 e. The molecule has 78 valence electrons. The Labute approximate surface area is 90.5 Å². The zero-order valence-electron chi connectivity index (χ0n) is 7.58. The third-order valence-corrected chi connectivity index (χ3v) is 2.53. The molecule has 14 heavy (non-hydrogen) atoms. The number of benzene rings is 1. The third kappa shape index (κ3) is 3.04. The number of aliphatic hydroxyl groups excluding tert-OH is 2. The second-order valence-electron chi connectivity index (χ2n) is 3.17. The second-order valence-corrected chi connectivity index (χ2v) is 4.09. The van der Waals surface area contributed by atoms with Crippen LogP contribution < -0.4 is 0 Å². The number of halogens is 2. The Bertz CT molecular complexity index is 300. The SMILES string of the molecule is OCC(CO)Cc1cc(Br)ccc1F. The summed E-state index contributed by atoms with van der Waals surface area (Å²) >= 11 is 3.24. The van der Waals surface area contributed by atoms with Gasteiger partial charge in [-0.05, 0) is 30.2 Å². The Morgan fingerprint density at radius 1 is 1.29 bits per heavy atom. The van der Waals surface area contributed by atoms with Crippen LogP contribution in [-0.2, 0) is 6.42 Å². The predicted octanol–water partition coefficient (Wildman–Crippen LogP) is 1.73. The van der Waals surface area contributed by atoms with Crippen LogP contribution in [0.2, 0.25) is 0 Å². The van der Waals surface area contributed by atoms with Gasteiger partial charge < -0.3 is 10.2 Å². The second kappa shape index (κ2) is 5.44. The summed E-state index contributed by atoms with van der Waals surface area (Å²) in [5.41, 5.74) is 0.507. The summed E-state index contributed by atoms with van der Waals surface area (Å²) in [6.45, 7) is -0.273. The number of hydrogen-bond acceptors (Lipinski definition) is 2. The molecule has 0 bridgehead atoms. The fourth-order valence-electron chi connectivity index (χ4n) is 1.20. The van der Waals surface area contributed by atoms with Gasteiger partial charge in [-0.2, -0.15) is 0 Å². The van der Waals surface area contributed by atoms with Crippen LogP contribution in [0.4, 0.5) is 4.39 Å². The van der Waals surface area contributed by atoms with Crippen molar-refractivity contribution in [2.45, 2.75) is 6.42 Å². The standard InChI is InChI=1S/C10H12BrFO2/c11-9-1-2-10(12)8(4-9)3-7(5-13)6-14/h1-2,4,7,13-14H,3,5-6H2. The molecule has 4 heteroatoms. The Morgan fingerprint density at radius 2 is 1.93 bits per heavy atom. The molecular weight excluding hydrogens is 251 g/mol. The van der Waals surface area contributed by atoms with Gasteiger partial charge in [0.2, 0.25) is 0 Å². The van der Waals surface area contributed by atoms with Crippen LogP contribution in [0.5, 0.6) is 0 Å². The summed E-state index contributed by atoms with van der Waals surface area (Å²) in [6.07, 6.45) is 0.346. The molecule has 0 atom stereocenters. The fraction of sp³-hybridized carbons (Fsp3) is 0.400. The molecule has 2 N–H and O–H groups in total. The summed E-state index contributed by atoms with van der Waals surface area (Å²) in [6, 6.07) is 4.64. The van der Waals surface area contributed by atoms with Crippen LogP contribution in [0.15, 0.2) is 22.7 Å². The Kier molecular flexibility index (Phi) is 4.51. The maximum atomic E-state index is 13.2. The van der Waals surface area contributed by atoms with Crippen molar-refractivity contribution in [2.24, 2.45) is 5.92 Å². The highest BCUT2D eigenvalue weighted by Gasteiger charge is 2.10. The van der Waals surface area contributed by atoms with Gasteiger partial charge in [0.25, 0.3) is 0 Å². The van der Waals surface area contributed by atoms with Gasteiger partial charge in [-0.1, -0.05) is 15.9 Å². The van der Waals surface area contributed by atoms with Crippen LogP contribution in [0.1, 0.15) is 5.56 Å². The third-order valence-electron chi connectivity index (χ3n) is 2.03. The van der Waals surface area contributed by atoms with Crippen molar-refractivity contribution in [3.8, 4) is 0 Å². The van der Waals surface area contributed by atoms with Crippen molar-refractivity contribution in [1.82, 2.24) is 0 Å². The lowest BCUT2D eigenvalue weighted by atomic mass is 10.0. The van der Waals surface area contributed by atoms with Crippen LogP contribution in [0.3, 0.4) is 0 Å². The van der Waals surface area contributed by atoms with Gasteiger partial charge in [0, 0.05) is 23.6 Å². The molecule has 0 fully saturated rings. The van der Waals surface area contributed by atoms with Crippen LogP contribution in [0.25, 0.3) is 0 Å². The van der Waals surface area contributed by atoms with E-state index < -0.39 is 0 Å². The highest BCUT2D eigenvalue weighted by Crippen LogP contribution is 2.18. The van der Waals surface area contributed by atoms with Gasteiger partial charge in [0.05, 0.1) is 0 Å². The van der Waals surface area contributed by atoms with E-state index in [9.17, 15) is 4.39 Å². The first-order valence-corrected chi connectivity index (χ1v) is 5.12. The molecule has 0 spiro atoms. The minimum absolute atomic E-state index is 0.136. The van der Waals surface area contributed by atoms with Crippen molar-refractivity contribution in [1.29, 1.82) is 0 Å². The van der Waals surface area contributed by atoms with Crippen molar-refractivity contribution in [3.05, 3.63) is 34.1 Å². The summed E-state index contributed by atoms with van der Waals surface area (Å²) in [4.78, 5) is 0. The molecule has 0 aromatic heterocycles. The summed E-state index contributed by atoms with van der Waals surface area (Å²) in [7, 11) is 0. The smallest absolute Gasteiger partial charge is 0.126 e. The van der Waals surface area contributed by atoms with Gasteiger partial charge in [-0.15, -0.1) is 0 Å². The van der Waals surface area contributed by atoms with E-state index in [1.165, 1.54) is 6.07 Å². The molecule has 1 aromatic carbocycles. The van der Waals surface area contributed by atoms with Crippen molar-refractivity contribution in [2.75, 3.05) is 13.2 Å². The Balaban J connectivity index is 2.79. The molecule has 0 aliphatic rings. The maximum Gasteiger partial charge on any atom is 0.126 e. The lowest BCUT2D eigenvalue weighted by molar-refractivity contribution is 0.149. The Hall–Kier alpha value is -0.450. The topological polar surface area (TPSA) is 40.5 Å². The van der Waals surface area contributed by atoms with Gasteiger partial charge in [-0.25, -0.2) is 4.39 Å². The first-order chi connectivity index (χ1) is 6.67. The quantitative estimate of drug-likeness (QED) is 0.868. The molecule has 0 saturated carbocycles. The molecule has 0 aliphatic heterocycles. The average Bonchev–Trinajstić information content (AvgIpc) is 2.19. The molecular formula is C10H12BrFO2. The normalized spacial score (nSPS) is 10.9. The molecule has 2 nitrogen and oxygen atoms in total. The number of hydrogen-bond donors (Lipinski definition) is 2. The van der Waals surface area contributed by atoms with E-state index in [-0.39, 0.29) is 24.9 Å². The van der Waals surface area contributed by atoms with E-state index in [2.05, 4.69) is 15.9 Å². The van der Waals surface area contributed by atoms with E-state index in [0.29, 0.717) is 12.0 Å². The van der Waals surface area contributed by atoms with E-state index in [1.807, 2.05) is 0 Å². The van der Waals surface area contributed by atoms with Crippen LogP contribution in [0, 0.1) is 11.7 Å². The highest BCUT2D eigenvalue weighted by molar-refractivity contribution is 9.10. The predicted molar refractivity (Wildman–Crippen MR) is 55.5 cm³/mol. The molecule has 0 radical (unpaired) electrons. The number of aliphatic hydroxyl groups is 2. The lowest BCUT2D eigenvalue weighted by Gasteiger charge is -2.11. The van der Waals surface area contributed by atoms with Crippen molar-refractivity contribution < 1.29 is 14.6 Å². The van der Waals surface area contributed by atoms with Crippen LogP contribution >= 0.6 is 15.9 Å². The lowest BCUT2D eigenvalue weighted by Crippen LogP contribution is -2.14. The zero-order valence-corrected chi connectivity index (χ0v) is 9.17. The van der Waals surface area contributed by atoms with Gasteiger partial charge in [0.15, 0.2) is 0 Å². The fourth-order valence-corrected chi connectivity index (χ4v) is 1.61. The van der Waals surface area contributed by atoms with E-state index in [1.54, 1.807) is 12.1 Å². The van der Waals surface area contributed by atoms with E-state index in [0.717, 1.165) is 4.47 Å². The molecule has 1 aromatic rings. The summed E-state index contributed by atoms with van der Waals surface area (Å²) in [5.74, 6) is -0.598. The van der Waals surface area contributed by atoms with Gasteiger partial charge >= 0.3 is 0 Å². The monoisotopic (exact) mass is 262 g/mol.